The quantitative estimate of drug-likeness (QED) is 0.183. The summed E-state index contributed by atoms with van der Waals surface area (Å²) in [5.74, 6) is -0.807. The molecule has 4 heteroatoms. The first-order valence-corrected chi connectivity index (χ1v) is 15.8. The highest BCUT2D eigenvalue weighted by Crippen LogP contribution is 2.42. The summed E-state index contributed by atoms with van der Waals surface area (Å²) in [5, 5.41) is 2.10. The van der Waals surface area contributed by atoms with Gasteiger partial charge in [-0.3, -0.25) is 0 Å². The minimum absolute atomic E-state index is 0.0460. The van der Waals surface area contributed by atoms with Crippen LogP contribution in [0.5, 0.6) is 0 Å². The predicted octanol–water partition coefficient (Wildman–Crippen LogP) is 12.4. The SMILES string of the molecule is [2H]c1c([2H])c([2H])c(-c2ccc3c(c2)oc2cccc(-c4c([2H])c([2H])c(-c5nc(-c6ccc7ccccc7c6)nc(-c6c([2H])c([2H])c([2H])c([2H])c6[2H])n5)c5c([2H])c([2H])c([2H])c([2H])c45)c23)c([2H])c1[2H]. The molecule has 4 nitrogen and oxygen atoms in total. The van der Waals surface area contributed by atoms with Crippen LogP contribution in [-0.2, 0) is 0 Å². The number of aromatic nitrogens is 3. The summed E-state index contributed by atoms with van der Waals surface area (Å²) in [6, 6.07) is 13.2. The van der Waals surface area contributed by atoms with Crippen molar-refractivity contribution < 1.29 is 26.3 Å². The molecule has 51 heavy (non-hydrogen) atoms. The largest absolute Gasteiger partial charge is 0.456 e. The third-order valence-corrected chi connectivity index (χ3v) is 8.65. The maximum atomic E-state index is 9.69. The van der Waals surface area contributed by atoms with Gasteiger partial charge in [0.1, 0.15) is 11.2 Å². The molecule has 0 unspecified atom stereocenters. The molecule has 2 heterocycles. The minimum atomic E-state index is -0.663. The van der Waals surface area contributed by atoms with E-state index < -0.39 is 96.7 Å². The third-order valence-electron chi connectivity index (χ3n) is 8.65. The van der Waals surface area contributed by atoms with E-state index in [0.717, 1.165) is 10.8 Å². The Labute approximate surface area is 316 Å². The molecule has 0 saturated carbocycles. The van der Waals surface area contributed by atoms with Crippen molar-refractivity contribution in [2.75, 3.05) is 0 Å². The van der Waals surface area contributed by atoms with Crippen LogP contribution in [0.4, 0.5) is 0 Å². The van der Waals surface area contributed by atoms with Gasteiger partial charge in [0.15, 0.2) is 17.5 Å². The van der Waals surface area contributed by atoms with Crippen molar-refractivity contribution in [3.63, 3.8) is 0 Å². The maximum absolute atomic E-state index is 9.69. The summed E-state index contributed by atoms with van der Waals surface area (Å²) in [5.41, 5.74) is 0.639. The van der Waals surface area contributed by atoms with E-state index in [2.05, 4.69) is 9.97 Å². The van der Waals surface area contributed by atoms with Crippen molar-refractivity contribution in [1.29, 1.82) is 0 Å². The van der Waals surface area contributed by atoms with Crippen LogP contribution in [0.1, 0.15) is 21.9 Å². The molecular weight excluding hydrogens is 623 g/mol. The Bertz CT molecular complexity index is 3800. The summed E-state index contributed by atoms with van der Waals surface area (Å²) >= 11 is 0. The molecule has 8 aromatic carbocycles. The lowest BCUT2D eigenvalue weighted by molar-refractivity contribution is 0.669. The van der Waals surface area contributed by atoms with Crippen LogP contribution in [0.15, 0.2) is 180 Å². The molecule has 238 valence electrons. The number of furan rings is 1. The first-order chi connectivity index (χ1) is 31.9. The van der Waals surface area contributed by atoms with Gasteiger partial charge in [-0.15, -0.1) is 0 Å². The second-order valence-electron chi connectivity index (χ2n) is 11.6. The fraction of sp³-hybridized carbons (Fsp3) is 0. The van der Waals surface area contributed by atoms with Crippen LogP contribution in [0.2, 0.25) is 0 Å². The molecule has 10 rings (SSSR count). The zero-order valence-corrected chi connectivity index (χ0v) is 26.3. The molecule has 0 saturated heterocycles. The van der Waals surface area contributed by atoms with Gasteiger partial charge in [0.2, 0.25) is 0 Å². The molecule has 0 N–H and O–H groups in total. The monoisotopic (exact) mass is 667 g/mol. The molecule has 0 bridgehead atoms. The van der Waals surface area contributed by atoms with Gasteiger partial charge in [-0.25, -0.2) is 15.0 Å². The summed E-state index contributed by atoms with van der Waals surface area (Å²) < 4.78 is 146. The van der Waals surface area contributed by atoms with Gasteiger partial charge in [0.25, 0.3) is 0 Å². The lowest BCUT2D eigenvalue weighted by atomic mass is 9.92. The van der Waals surface area contributed by atoms with Gasteiger partial charge in [0, 0.05) is 27.5 Å². The molecular formula is C47H29N3O. The van der Waals surface area contributed by atoms with Gasteiger partial charge in [-0.2, -0.15) is 0 Å². The van der Waals surface area contributed by atoms with Crippen LogP contribution in [0.25, 0.3) is 99.9 Å². The van der Waals surface area contributed by atoms with Gasteiger partial charge in [0.05, 0.1) is 21.9 Å². The zero-order valence-electron chi connectivity index (χ0n) is 42.3. The van der Waals surface area contributed by atoms with E-state index in [9.17, 15) is 5.48 Å². The molecule has 2 aromatic heterocycles. The Morgan fingerprint density at radius 1 is 0.392 bits per heavy atom. The highest BCUT2D eigenvalue weighted by atomic mass is 16.3. The topological polar surface area (TPSA) is 51.8 Å². The highest BCUT2D eigenvalue weighted by molar-refractivity contribution is 6.16. The third kappa shape index (κ3) is 5.04. The molecule has 0 aliphatic carbocycles. The zero-order chi connectivity index (χ0) is 47.7. The smallest absolute Gasteiger partial charge is 0.164 e. The van der Waals surface area contributed by atoms with Crippen molar-refractivity contribution in [2.45, 2.75) is 0 Å². The standard InChI is InChI=1S/C47H29N3O/c1-3-12-30(13-4-1)34-24-25-41-43(29-34)51-42-21-11-20-39(44(41)42)38-26-27-40(37-19-10-9-18-36(37)38)47-49-45(32-15-5-2-6-16-32)48-46(50-47)35-23-22-31-14-7-8-17-33(31)28-35/h1-29H/i1D,2D,3D,4D,5D,6D,9D,10D,12D,13D,15D,16D,18D,19D,26D,27D. The Morgan fingerprint density at radius 3 is 1.84 bits per heavy atom. The van der Waals surface area contributed by atoms with Crippen molar-refractivity contribution >= 4 is 43.5 Å². The molecule has 0 amide bonds. The molecule has 0 spiro atoms. The summed E-state index contributed by atoms with van der Waals surface area (Å²) in [6.07, 6.45) is 0. The first-order valence-electron chi connectivity index (χ1n) is 23.8. The predicted molar refractivity (Wildman–Crippen MR) is 209 cm³/mol. The summed E-state index contributed by atoms with van der Waals surface area (Å²) in [6.45, 7) is 0. The Balaban J connectivity index is 1.28. The number of nitrogens with zero attached hydrogens (tertiary/aromatic N) is 3. The molecule has 0 fully saturated rings. The van der Waals surface area contributed by atoms with E-state index in [1.165, 1.54) is 6.07 Å². The lowest BCUT2D eigenvalue weighted by Crippen LogP contribution is -2.00. The Hall–Kier alpha value is -6.91. The molecule has 10 aromatic rings. The van der Waals surface area contributed by atoms with E-state index in [0.29, 0.717) is 16.3 Å². The van der Waals surface area contributed by atoms with Crippen LogP contribution < -0.4 is 0 Å². The summed E-state index contributed by atoms with van der Waals surface area (Å²) in [4.78, 5) is 13.9. The maximum Gasteiger partial charge on any atom is 0.164 e. The van der Waals surface area contributed by atoms with Crippen molar-refractivity contribution in [3.05, 3.63) is 176 Å². The van der Waals surface area contributed by atoms with Crippen LogP contribution in [0.3, 0.4) is 0 Å². The first kappa shape index (κ1) is 17.1. The van der Waals surface area contributed by atoms with E-state index >= 15 is 0 Å². The van der Waals surface area contributed by atoms with Gasteiger partial charge >= 0.3 is 0 Å². The Kier molecular flexibility index (Phi) is 4.00. The molecule has 0 atom stereocenters. The average Bonchev–Trinajstić information content (AvgIpc) is 3.71. The van der Waals surface area contributed by atoms with E-state index in [-0.39, 0.29) is 72.8 Å². The van der Waals surface area contributed by atoms with E-state index in [1.807, 2.05) is 30.3 Å². The van der Waals surface area contributed by atoms with E-state index in [1.54, 1.807) is 42.5 Å². The fourth-order valence-electron chi connectivity index (χ4n) is 6.31. The van der Waals surface area contributed by atoms with Gasteiger partial charge in [-0.05, 0) is 74.1 Å². The van der Waals surface area contributed by atoms with Crippen molar-refractivity contribution in [2.24, 2.45) is 0 Å². The minimum Gasteiger partial charge on any atom is -0.456 e. The van der Waals surface area contributed by atoms with Gasteiger partial charge in [-0.1, -0.05) is 145 Å². The van der Waals surface area contributed by atoms with Crippen molar-refractivity contribution in [1.82, 2.24) is 15.0 Å². The molecule has 0 aliphatic heterocycles. The molecule has 0 aliphatic rings. The van der Waals surface area contributed by atoms with E-state index in [4.69, 9.17) is 25.9 Å². The fourth-order valence-corrected chi connectivity index (χ4v) is 6.31. The van der Waals surface area contributed by atoms with Gasteiger partial charge < -0.3 is 4.42 Å². The number of rotatable bonds is 5. The Morgan fingerprint density at radius 2 is 1.04 bits per heavy atom. The number of benzene rings is 8. The number of hydrogen-bond acceptors (Lipinski definition) is 4. The van der Waals surface area contributed by atoms with Crippen LogP contribution >= 0.6 is 0 Å². The molecule has 0 radical (unpaired) electrons. The second kappa shape index (κ2) is 11.9. The van der Waals surface area contributed by atoms with Crippen molar-refractivity contribution in [3.8, 4) is 56.4 Å². The van der Waals surface area contributed by atoms with Crippen LogP contribution in [-0.4, -0.2) is 15.0 Å². The second-order valence-corrected chi connectivity index (χ2v) is 11.6. The highest BCUT2D eigenvalue weighted by Gasteiger charge is 2.19. The number of fused-ring (bicyclic) bond motifs is 5. The van der Waals surface area contributed by atoms with Crippen LogP contribution in [0, 0.1) is 0 Å². The number of hydrogen-bond donors (Lipinski definition) is 0. The normalized spacial score (nSPS) is 15.9. The average molecular weight is 668 g/mol. The summed E-state index contributed by atoms with van der Waals surface area (Å²) in [7, 11) is 0. The lowest BCUT2D eigenvalue weighted by Gasteiger charge is -2.14.